The van der Waals surface area contributed by atoms with Crippen LogP contribution < -0.4 is 5.73 Å². The number of hydrogen-bond donors (Lipinski definition) is 1. The van der Waals surface area contributed by atoms with E-state index in [9.17, 15) is 8.78 Å². The lowest BCUT2D eigenvalue weighted by Crippen LogP contribution is -1.98. The lowest BCUT2D eigenvalue weighted by Gasteiger charge is -2.07. The maximum absolute atomic E-state index is 14.1. The van der Waals surface area contributed by atoms with E-state index in [1.165, 1.54) is 29.1 Å². The van der Waals surface area contributed by atoms with Crippen LogP contribution in [-0.4, -0.2) is 9.78 Å². The number of benzene rings is 2. The molecule has 1 heterocycles. The molecule has 3 nitrogen and oxygen atoms in total. The Balaban J connectivity index is 2.12. The Morgan fingerprint density at radius 3 is 2.24 bits per heavy atom. The molecule has 1 aromatic heterocycles. The number of nitrogen functional groups attached to an aromatic ring is 1. The highest BCUT2D eigenvalue weighted by molar-refractivity contribution is 5.78. The van der Waals surface area contributed by atoms with Crippen molar-refractivity contribution in [1.82, 2.24) is 9.78 Å². The van der Waals surface area contributed by atoms with Gasteiger partial charge in [-0.05, 0) is 35.4 Å². The standard InChI is InChI=1S/C16H13F2N3/c1-21-16(19)14(9-20-21)13-8-11(4-7-15(13)18)10-2-5-12(17)6-3-10/h2-9H,19H2,1H3. The van der Waals surface area contributed by atoms with Crippen molar-refractivity contribution in [2.75, 3.05) is 5.73 Å². The third-order valence-electron chi connectivity index (χ3n) is 3.42. The largest absolute Gasteiger partial charge is 0.383 e. The number of hydrogen-bond acceptors (Lipinski definition) is 2. The van der Waals surface area contributed by atoms with Gasteiger partial charge in [-0.3, -0.25) is 4.68 Å². The fourth-order valence-corrected chi connectivity index (χ4v) is 2.21. The maximum atomic E-state index is 14.1. The van der Waals surface area contributed by atoms with Gasteiger partial charge in [0.15, 0.2) is 0 Å². The zero-order valence-electron chi connectivity index (χ0n) is 11.3. The van der Waals surface area contributed by atoms with Gasteiger partial charge in [-0.15, -0.1) is 0 Å². The van der Waals surface area contributed by atoms with Crippen molar-refractivity contribution in [2.24, 2.45) is 7.05 Å². The van der Waals surface area contributed by atoms with Crippen LogP contribution in [0.3, 0.4) is 0 Å². The maximum Gasteiger partial charge on any atom is 0.131 e. The molecular weight excluding hydrogens is 272 g/mol. The molecule has 0 aliphatic heterocycles. The predicted octanol–water partition coefficient (Wildman–Crippen LogP) is 3.61. The summed E-state index contributed by atoms with van der Waals surface area (Å²) in [4.78, 5) is 0. The van der Waals surface area contributed by atoms with E-state index in [1.54, 1.807) is 31.3 Å². The number of anilines is 1. The third kappa shape index (κ3) is 2.38. The average Bonchev–Trinajstić information content (AvgIpc) is 2.81. The van der Waals surface area contributed by atoms with Gasteiger partial charge in [0, 0.05) is 18.2 Å². The van der Waals surface area contributed by atoms with E-state index in [0.29, 0.717) is 16.9 Å². The minimum atomic E-state index is -0.374. The second kappa shape index (κ2) is 5.01. The van der Waals surface area contributed by atoms with Crippen LogP contribution in [0.15, 0.2) is 48.7 Å². The first-order chi connectivity index (χ1) is 10.1. The van der Waals surface area contributed by atoms with Gasteiger partial charge in [-0.1, -0.05) is 18.2 Å². The molecule has 2 N–H and O–H groups in total. The molecule has 0 bridgehead atoms. The monoisotopic (exact) mass is 285 g/mol. The van der Waals surface area contributed by atoms with E-state index in [-0.39, 0.29) is 11.6 Å². The van der Waals surface area contributed by atoms with Crippen LogP contribution in [-0.2, 0) is 7.05 Å². The zero-order valence-corrected chi connectivity index (χ0v) is 11.3. The molecule has 5 heteroatoms. The number of aromatic nitrogens is 2. The van der Waals surface area contributed by atoms with Crippen LogP contribution in [0.4, 0.5) is 14.6 Å². The lowest BCUT2D eigenvalue weighted by atomic mass is 10.00. The molecular formula is C16H13F2N3. The lowest BCUT2D eigenvalue weighted by molar-refractivity contribution is 0.628. The molecule has 0 radical (unpaired) electrons. The number of rotatable bonds is 2. The average molecular weight is 285 g/mol. The van der Waals surface area contributed by atoms with Crippen LogP contribution in [0.1, 0.15) is 0 Å². The van der Waals surface area contributed by atoms with E-state index in [1.807, 2.05) is 0 Å². The number of halogens is 2. The van der Waals surface area contributed by atoms with Gasteiger partial charge < -0.3 is 5.73 Å². The molecule has 21 heavy (non-hydrogen) atoms. The van der Waals surface area contributed by atoms with Crippen LogP contribution in [0.25, 0.3) is 22.3 Å². The quantitative estimate of drug-likeness (QED) is 0.781. The second-order valence-electron chi connectivity index (χ2n) is 4.77. The Morgan fingerprint density at radius 1 is 0.952 bits per heavy atom. The minimum absolute atomic E-state index is 0.308. The molecule has 0 aliphatic carbocycles. The third-order valence-corrected chi connectivity index (χ3v) is 3.42. The van der Waals surface area contributed by atoms with Crippen LogP contribution >= 0.6 is 0 Å². The second-order valence-corrected chi connectivity index (χ2v) is 4.77. The van der Waals surface area contributed by atoms with Crippen LogP contribution in [0.5, 0.6) is 0 Å². The molecule has 0 fully saturated rings. The van der Waals surface area contributed by atoms with Crippen molar-refractivity contribution in [3.8, 4) is 22.3 Å². The summed E-state index contributed by atoms with van der Waals surface area (Å²) in [5.41, 5.74) is 8.41. The zero-order chi connectivity index (χ0) is 15.0. The van der Waals surface area contributed by atoms with Gasteiger partial charge in [-0.25, -0.2) is 8.78 Å². The first kappa shape index (κ1) is 13.3. The first-order valence-electron chi connectivity index (χ1n) is 6.39. The Bertz CT molecular complexity index is 792. The molecule has 0 unspecified atom stereocenters. The summed E-state index contributed by atoms with van der Waals surface area (Å²) in [6.45, 7) is 0. The fourth-order valence-electron chi connectivity index (χ4n) is 2.21. The molecule has 0 atom stereocenters. The van der Waals surface area contributed by atoms with Gasteiger partial charge in [0.1, 0.15) is 17.5 Å². The van der Waals surface area contributed by atoms with Gasteiger partial charge in [-0.2, -0.15) is 5.10 Å². The number of nitrogens with two attached hydrogens (primary N) is 1. The normalized spacial score (nSPS) is 10.8. The van der Waals surface area contributed by atoms with Crippen LogP contribution in [0, 0.1) is 11.6 Å². The smallest absolute Gasteiger partial charge is 0.131 e. The van der Waals surface area contributed by atoms with Gasteiger partial charge in [0.05, 0.1) is 6.20 Å². The minimum Gasteiger partial charge on any atom is -0.383 e. The van der Waals surface area contributed by atoms with Gasteiger partial charge in [0.2, 0.25) is 0 Å². The summed E-state index contributed by atoms with van der Waals surface area (Å²) < 4.78 is 28.5. The van der Waals surface area contributed by atoms with Crippen molar-refractivity contribution in [1.29, 1.82) is 0 Å². The Morgan fingerprint density at radius 2 is 1.62 bits per heavy atom. The fraction of sp³-hybridized carbons (Fsp3) is 0.0625. The number of nitrogens with zero attached hydrogens (tertiary/aromatic N) is 2. The van der Waals surface area contributed by atoms with Crippen molar-refractivity contribution in [3.63, 3.8) is 0 Å². The summed E-state index contributed by atoms with van der Waals surface area (Å²) in [5, 5.41) is 4.02. The highest BCUT2D eigenvalue weighted by Gasteiger charge is 2.13. The van der Waals surface area contributed by atoms with E-state index < -0.39 is 0 Å². The summed E-state index contributed by atoms with van der Waals surface area (Å²) in [7, 11) is 1.70. The molecule has 106 valence electrons. The first-order valence-corrected chi connectivity index (χ1v) is 6.39. The molecule has 2 aromatic carbocycles. The molecule has 0 amide bonds. The molecule has 0 saturated carbocycles. The molecule has 3 aromatic rings. The van der Waals surface area contributed by atoms with Crippen molar-refractivity contribution in [3.05, 3.63) is 60.3 Å². The van der Waals surface area contributed by atoms with Crippen molar-refractivity contribution in [2.45, 2.75) is 0 Å². The van der Waals surface area contributed by atoms with E-state index >= 15 is 0 Å². The Labute approximate surface area is 120 Å². The summed E-state index contributed by atoms with van der Waals surface area (Å²) in [6, 6.07) is 10.8. The van der Waals surface area contributed by atoms with E-state index in [2.05, 4.69) is 5.10 Å². The predicted molar refractivity (Wildman–Crippen MR) is 78.4 cm³/mol. The Hall–Kier alpha value is -2.69. The number of aryl methyl sites for hydroxylation is 1. The van der Waals surface area contributed by atoms with Crippen molar-refractivity contribution < 1.29 is 8.78 Å². The molecule has 0 aliphatic rings. The van der Waals surface area contributed by atoms with Gasteiger partial charge >= 0.3 is 0 Å². The SMILES string of the molecule is Cn1ncc(-c2cc(-c3ccc(F)cc3)ccc2F)c1N. The summed E-state index contributed by atoms with van der Waals surface area (Å²) >= 11 is 0. The topological polar surface area (TPSA) is 43.8 Å². The highest BCUT2D eigenvalue weighted by Crippen LogP contribution is 2.31. The van der Waals surface area contributed by atoms with Crippen LogP contribution in [0.2, 0.25) is 0 Å². The highest BCUT2D eigenvalue weighted by atomic mass is 19.1. The Kier molecular flexibility index (Phi) is 3.17. The van der Waals surface area contributed by atoms with Gasteiger partial charge in [0.25, 0.3) is 0 Å². The van der Waals surface area contributed by atoms with E-state index in [0.717, 1.165) is 11.1 Å². The molecule has 0 saturated heterocycles. The molecule has 3 rings (SSSR count). The molecule has 0 spiro atoms. The van der Waals surface area contributed by atoms with E-state index in [4.69, 9.17) is 5.73 Å². The summed E-state index contributed by atoms with van der Waals surface area (Å²) in [5.74, 6) is -0.289. The summed E-state index contributed by atoms with van der Waals surface area (Å²) in [6.07, 6.45) is 1.53. The van der Waals surface area contributed by atoms with Crippen molar-refractivity contribution >= 4 is 5.82 Å².